The molecule has 2 unspecified atom stereocenters. The van der Waals surface area contributed by atoms with E-state index in [4.69, 9.17) is 10.5 Å². The number of nitrogens with zero attached hydrogens (tertiary/aromatic N) is 1. The standard InChI is InChI=1S/C13H27N3O/c1-6-7-8-15-11(14)16-10-9-13(4,17-5)12(10,2)3/h10H,6-9H2,1-5H3,(H3,14,15,16). The lowest BCUT2D eigenvalue weighted by molar-refractivity contribution is -0.176. The molecule has 0 aromatic rings. The third-order valence-electron chi connectivity index (χ3n) is 4.39. The van der Waals surface area contributed by atoms with Crippen molar-refractivity contribution in [2.24, 2.45) is 16.1 Å². The van der Waals surface area contributed by atoms with Crippen molar-refractivity contribution in [1.82, 2.24) is 5.32 Å². The Hall–Kier alpha value is -0.770. The lowest BCUT2D eigenvalue weighted by Gasteiger charge is -2.59. The number of ether oxygens (including phenoxy) is 1. The van der Waals surface area contributed by atoms with Crippen molar-refractivity contribution >= 4 is 5.96 Å². The van der Waals surface area contributed by atoms with Crippen LogP contribution in [0.5, 0.6) is 0 Å². The largest absolute Gasteiger partial charge is 0.378 e. The van der Waals surface area contributed by atoms with Crippen molar-refractivity contribution in [3.63, 3.8) is 0 Å². The van der Waals surface area contributed by atoms with Gasteiger partial charge in [-0.1, -0.05) is 27.2 Å². The minimum absolute atomic E-state index is 0.0611. The predicted molar refractivity (Wildman–Crippen MR) is 72.1 cm³/mol. The summed E-state index contributed by atoms with van der Waals surface area (Å²) in [5.74, 6) is 0.565. The van der Waals surface area contributed by atoms with Crippen molar-refractivity contribution in [2.75, 3.05) is 13.7 Å². The minimum atomic E-state index is -0.0611. The number of methoxy groups -OCH3 is 1. The quantitative estimate of drug-likeness (QED) is 0.439. The summed E-state index contributed by atoms with van der Waals surface area (Å²) in [6.45, 7) is 9.52. The number of unbranched alkanes of at least 4 members (excludes halogenated alkanes) is 1. The van der Waals surface area contributed by atoms with Crippen LogP contribution in [0.15, 0.2) is 4.99 Å². The highest BCUT2D eigenvalue weighted by Crippen LogP contribution is 2.51. The van der Waals surface area contributed by atoms with Gasteiger partial charge in [0.25, 0.3) is 0 Å². The Kier molecular flexibility index (Phi) is 4.42. The number of hydrogen-bond acceptors (Lipinski definition) is 2. The molecule has 1 saturated carbocycles. The van der Waals surface area contributed by atoms with Gasteiger partial charge in [0, 0.05) is 25.1 Å². The maximum Gasteiger partial charge on any atom is 0.188 e. The van der Waals surface area contributed by atoms with Crippen LogP contribution in [0.25, 0.3) is 0 Å². The van der Waals surface area contributed by atoms with Gasteiger partial charge in [0.1, 0.15) is 0 Å². The molecule has 2 atom stereocenters. The monoisotopic (exact) mass is 241 g/mol. The molecule has 1 aliphatic carbocycles. The number of nitrogens with two attached hydrogens (primary N) is 1. The Morgan fingerprint density at radius 2 is 2.12 bits per heavy atom. The zero-order valence-corrected chi connectivity index (χ0v) is 11.8. The Morgan fingerprint density at radius 1 is 1.47 bits per heavy atom. The zero-order valence-electron chi connectivity index (χ0n) is 11.8. The van der Waals surface area contributed by atoms with Crippen molar-refractivity contribution in [2.45, 2.75) is 58.6 Å². The van der Waals surface area contributed by atoms with E-state index in [0.717, 1.165) is 25.8 Å². The van der Waals surface area contributed by atoms with E-state index in [1.54, 1.807) is 7.11 Å². The average Bonchev–Trinajstić information content (AvgIpc) is 2.28. The molecule has 0 bridgehead atoms. The summed E-state index contributed by atoms with van der Waals surface area (Å²) in [6, 6.07) is 0.345. The van der Waals surface area contributed by atoms with Gasteiger partial charge >= 0.3 is 0 Å². The van der Waals surface area contributed by atoms with Gasteiger partial charge in [-0.05, 0) is 19.8 Å². The van der Waals surface area contributed by atoms with Gasteiger partial charge in [-0.15, -0.1) is 0 Å². The maximum absolute atomic E-state index is 5.87. The second-order valence-electron chi connectivity index (χ2n) is 5.68. The average molecular weight is 241 g/mol. The summed E-state index contributed by atoms with van der Waals surface area (Å²) in [5.41, 5.74) is 5.89. The van der Waals surface area contributed by atoms with E-state index >= 15 is 0 Å². The van der Waals surface area contributed by atoms with Gasteiger partial charge in [0.2, 0.25) is 0 Å². The molecule has 100 valence electrons. The first-order valence-corrected chi connectivity index (χ1v) is 6.49. The second kappa shape index (κ2) is 5.25. The molecule has 4 nitrogen and oxygen atoms in total. The number of hydrogen-bond donors (Lipinski definition) is 2. The van der Waals surface area contributed by atoms with Gasteiger partial charge < -0.3 is 15.8 Å². The van der Waals surface area contributed by atoms with Crippen molar-refractivity contribution in [3.8, 4) is 0 Å². The maximum atomic E-state index is 5.87. The van der Waals surface area contributed by atoms with Crippen LogP contribution in [0, 0.1) is 5.41 Å². The van der Waals surface area contributed by atoms with Gasteiger partial charge in [-0.25, -0.2) is 0 Å². The molecular weight excluding hydrogens is 214 g/mol. The Labute approximate surface area is 105 Å². The number of guanidine groups is 1. The molecule has 1 rings (SSSR count). The molecule has 1 fully saturated rings. The Bertz CT molecular complexity index is 288. The Balaban J connectivity index is 2.48. The lowest BCUT2D eigenvalue weighted by Crippen LogP contribution is -2.69. The van der Waals surface area contributed by atoms with E-state index in [9.17, 15) is 0 Å². The summed E-state index contributed by atoms with van der Waals surface area (Å²) < 4.78 is 5.58. The molecule has 0 aromatic heterocycles. The highest BCUT2D eigenvalue weighted by molar-refractivity contribution is 5.78. The van der Waals surface area contributed by atoms with E-state index in [2.05, 4.69) is 38.0 Å². The fourth-order valence-electron chi connectivity index (χ4n) is 2.30. The highest BCUT2D eigenvalue weighted by Gasteiger charge is 2.57. The second-order valence-corrected chi connectivity index (χ2v) is 5.68. The minimum Gasteiger partial charge on any atom is -0.378 e. The first-order chi connectivity index (χ1) is 7.87. The zero-order chi connectivity index (χ0) is 13.1. The molecule has 0 radical (unpaired) electrons. The fraction of sp³-hybridized carbons (Fsp3) is 0.923. The van der Waals surface area contributed by atoms with Crippen LogP contribution >= 0.6 is 0 Å². The van der Waals surface area contributed by atoms with Crippen LogP contribution in [0.2, 0.25) is 0 Å². The van der Waals surface area contributed by atoms with E-state index in [0.29, 0.717) is 12.0 Å². The van der Waals surface area contributed by atoms with Crippen LogP contribution in [0.3, 0.4) is 0 Å². The molecule has 0 heterocycles. The van der Waals surface area contributed by atoms with E-state index in [1.807, 2.05) is 0 Å². The molecule has 1 aliphatic rings. The van der Waals surface area contributed by atoms with Crippen molar-refractivity contribution in [1.29, 1.82) is 0 Å². The number of nitrogens with one attached hydrogen (secondary N) is 1. The highest BCUT2D eigenvalue weighted by atomic mass is 16.5. The molecule has 0 aliphatic heterocycles. The third-order valence-corrected chi connectivity index (χ3v) is 4.39. The first kappa shape index (κ1) is 14.3. The molecule has 3 N–H and O–H groups in total. The molecule has 0 spiro atoms. The summed E-state index contributed by atoms with van der Waals surface area (Å²) in [6.07, 6.45) is 3.21. The number of rotatable bonds is 5. The molecule has 17 heavy (non-hydrogen) atoms. The normalized spacial score (nSPS) is 32.1. The molecule has 0 aromatic carbocycles. The van der Waals surface area contributed by atoms with E-state index in [1.165, 1.54) is 0 Å². The van der Waals surface area contributed by atoms with Crippen LogP contribution in [0.1, 0.15) is 47.0 Å². The van der Waals surface area contributed by atoms with Gasteiger partial charge in [-0.2, -0.15) is 0 Å². The molecular formula is C13H27N3O. The van der Waals surface area contributed by atoms with Crippen LogP contribution in [-0.4, -0.2) is 31.3 Å². The van der Waals surface area contributed by atoms with Crippen molar-refractivity contribution in [3.05, 3.63) is 0 Å². The number of aliphatic imine (C=N–C) groups is 1. The summed E-state index contributed by atoms with van der Waals surface area (Å²) in [4.78, 5) is 4.32. The van der Waals surface area contributed by atoms with E-state index < -0.39 is 0 Å². The first-order valence-electron chi connectivity index (χ1n) is 6.49. The predicted octanol–water partition coefficient (Wildman–Crippen LogP) is 1.89. The van der Waals surface area contributed by atoms with Crippen molar-refractivity contribution < 1.29 is 4.74 Å². The van der Waals surface area contributed by atoms with Crippen LogP contribution in [0.4, 0.5) is 0 Å². The third kappa shape index (κ3) is 2.73. The van der Waals surface area contributed by atoms with Gasteiger partial charge in [0.15, 0.2) is 5.96 Å². The fourth-order valence-corrected chi connectivity index (χ4v) is 2.30. The van der Waals surface area contributed by atoms with E-state index in [-0.39, 0.29) is 11.0 Å². The summed E-state index contributed by atoms with van der Waals surface area (Å²) in [5, 5.41) is 3.30. The van der Waals surface area contributed by atoms with Gasteiger partial charge in [-0.3, -0.25) is 4.99 Å². The molecule has 4 heteroatoms. The summed E-state index contributed by atoms with van der Waals surface area (Å²) >= 11 is 0. The smallest absolute Gasteiger partial charge is 0.188 e. The SMILES string of the molecule is CCCCN=C(N)NC1CC(C)(OC)C1(C)C. The Morgan fingerprint density at radius 3 is 2.59 bits per heavy atom. The van der Waals surface area contributed by atoms with Crippen LogP contribution < -0.4 is 11.1 Å². The lowest BCUT2D eigenvalue weighted by atomic mass is 9.56. The molecule has 0 amide bonds. The molecule has 0 saturated heterocycles. The van der Waals surface area contributed by atoms with Gasteiger partial charge in [0.05, 0.1) is 5.60 Å². The van der Waals surface area contributed by atoms with Crippen LogP contribution in [-0.2, 0) is 4.74 Å². The summed E-state index contributed by atoms with van der Waals surface area (Å²) in [7, 11) is 1.77. The topological polar surface area (TPSA) is 59.6 Å².